The smallest absolute Gasteiger partial charge is 0.305 e. The number of aryl methyl sites for hydroxylation is 1. The molecule has 1 saturated carbocycles. The van der Waals surface area contributed by atoms with E-state index < -0.39 is 0 Å². The summed E-state index contributed by atoms with van der Waals surface area (Å²) < 4.78 is 16.5. The molecule has 3 aliphatic rings. The zero-order valence-electron chi connectivity index (χ0n) is 11.5. The number of hydrogen-bond donors (Lipinski definition) is 0. The Morgan fingerprint density at radius 2 is 2.30 bits per heavy atom. The molecule has 2 aliphatic heterocycles. The molecule has 4 nitrogen and oxygen atoms in total. The molecule has 0 spiro atoms. The number of carbonyl (C=O) groups is 1. The number of rotatable bonds is 4. The average molecular weight is 274 g/mol. The van der Waals surface area contributed by atoms with Crippen molar-refractivity contribution in [2.24, 2.45) is 0 Å². The first-order valence-electron chi connectivity index (χ1n) is 7.28. The van der Waals surface area contributed by atoms with Gasteiger partial charge < -0.3 is 14.2 Å². The molecule has 4 rings (SSSR count). The van der Waals surface area contributed by atoms with Crippen molar-refractivity contribution in [1.82, 2.24) is 0 Å². The zero-order chi connectivity index (χ0) is 13.7. The molecule has 20 heavy (non-hydrogen) atoms. The van der Waals surface area contributed by atoms with Crippen molar-refractivity contribution >= 4 is 5.97 Å². The molecule has 1 aliphatic carbocycles. The maximum absolute atomic E-state index is 11.2. The molecule has 1 aromatic carbocycles. The number of carbonyl (C=O) groups excluding carboxylic acids is 1. The van der Waals surface area contributed by atoms with Gasteiger partial charge in [-0.05, 0) is 18.4 Å². The fourth-order valence-electron chi connectivity index (χ4n) is 3.63. The van der Waals surface area contributed by atoms with Gasteiger partial charge in [0, 0.05) is 18.4 Å². The predicted octanol–water partition coefficient (Wildman–Crippen LogP) is 2.20. The number of methoxy groups -OCH3 is 1. The average Bonchev–Trinajstić information content (AvgIpc) is 2.96. The third-order valence-corrected chi connectivity index (χ3v) is 4.65. The highest BCUT2D eigenvalue weighted by Crippen LogP contribution is 2.56. The summed E-state index contributed by atoms with van der Waals surface area (Å²) in [6.07, 6.45) is 4.24. The van der Waals surface area contributed by atoms with E-state index in [1.807, 2.05) is 0 Å². The van der Waals surface area contributed by atoms with Gasteiger partial charge >= 0.3 is 5.97 Å². The lowest BCUT2D eigenvalue weighted by Crippen LogP contribution is -2.17. The summed E-state index contributed by atoms with van der Waals surface area (Å²) in [5.74, 6) is 1.32. The molecule has 2 heterocycles. The second kappa shape index (κ2) is 4.48. The zero-order valence-corrected chi connectivity index (χ0v) is 11.5. The van der Waals surface area contributed by atoms with Gasteiger partial charge in [0.2, 0.25) is 0 Å². The van der Waals surface area contributed by atoms with E-state index in [0.717, 1.165) is 25.0 Å². The number of hydrogen-bond acceptors (Lipinski definition) is 4. The Kier molecular flexibility index (Phi) is 2.74. The van der Waals surface area contributed by atoms with Crippen LogP contribution in [0.4, 0.5) is 0 Å². The summed E-state index contributed by atoms with van der Waals surface area (Å²) in [6.45, 7) is 0. The lowest BCUT2D eigenvalue weighted by Gasteiger charge is -2.11. The summed E-state index contributed by atoms with van der Waals surface area (Å²) >= 11 is 0. The largest absolute Gasteiger partial charge is 0.489 e. The molecule has 1 saturated heterocycles. The van der Waals surface area contributed by atoms with Crippen LogP contribution in [0.5, 0.6) is 5.75 Å². The summed E-state index contributed by atoms with van der Waals surface area (Å²) in [4.78, 5) is 11.2. The Labute approximate surface area is 118 Å². The summed E-state index contributed by atoms with van der Waals surface area (Å²) in [6, 6.07) is 6.35. The van der Waals surface area contributed by atoms with Gasteiger partial charge in [-0.1, -0.05) is 18.2 Å². The highest BCUT2D eigenvalue weighted by Gasteiger charge is 2.60. The highest BCUT2D eigenvalue weighted by molar-refractivity contribution is 5.69. The SMILES string of the molecule is COC(=O)CCCc1cccc2c1OC1C[C@H]3O[C@H]3C21. The Balaban J connectivity index is 1.50. The maximum atomic E-state index is 11.2. The minimum atomic E-state index is -0.149. The lowest BCUT2D eigenvalue weighted by atomic mass is 9.94. The van der Waals surface area contributed by atoms with Crippen LogP contribution in [-0.4, -0.2) is 31.4 Å². The van der Waals surface area contributed by atoms with Crippen LogP contribution in [0, 0.1) is 0 Å². The van der Waals surface area contributed by atoms with Crippen LogP contribution in [0.3, 0.4) is 0 Å². The van der Waals surface area contributed by atoms with Crippen molar-refractivity contribution in [1.29, 1.82) is 0 Å². The molecule has 0 radical (unpaired) electrons. The first-order chi connectivity index (χ1) is 9.78. The van der Waals surface area contributed by atoms with Crippen molar-refractivity contribution in [3.05, 3.63) is 29.3 Å². The molecular weight excluding hydrogens is 256 g/mol. The van der Waals surface area contributed by atoms with Gasteiger partial charge in [-0.3, -0.25) is 4.79 Å². The third kappa shape index (κ3) is 1.82. The van der Waals surface area contributed by atoms with Crippen LogP contribution < -0.4 is 4.74 Å². The van der Waals surface area contributed by atoms with Crippen LogP contribution in [0.15, 0.2) is 18.2 Å². The van der Waals surface area contributed by atoms with Crippen molar-refractivity contribution in [3.63, 3.8) is 0 Å². The minimum absolute atomic E-state index is 0.149. The first-order valence-corrected chi connectivity index (χ1v) is 7.28. The van der Waals surface area contributed by atoms with E-state index in [4.69, 9.17) is 9.47 Å². The van der Waals surface area contributed by atoms with Gasteiger partial charge in [-0.15, -0.1) is 0 Å². The molecule has 4 atom stereocenters. The van der Waals surface area contributed by atoms with Gasteiger partial charge in [-0.25, -0.2) is 0 Å². The first kappa shape index (κ1) is 12.2. The molecule has 1 aromatic rings. The van der Waals surface area contributed by atoms with Crippen molar-refractivity contribution in [3.8, 4) is 5.75 Å². The Hall–Kier alpha value is -1.55. The van der Waals surface area contributed by atoms with Crippen LogP contribution in [0.2, 0.25) is 0 Å². The second-order valence-corrected chi connectivity index (χ2v) is 5.82. The number of esters is 1. The van der Waals surface area contributed by atoms with E-state index in [1.54, 1.807) is 0 Å². The Bertz CT molecular complexity index is 553. The summed E-state index contributed by atoms with van der Waals surface area (Å²) in [5.41, 5.74) is 2.51. The summed E-state index contributed by atoms with van der Waals surface area (Å²) in [7, 11) is 1.43. The van der Waals surface area contributed by atoms with Crippen LogP contribution in [0.1, 0.15) is 36.3 Å². The van der Waals surface area contributed by atoms with Crippen LogP contribution >= 0.6 is 0 Å². The van der Waals surface area contributed by atoms with Gasteiger partial charge in [0.25, 0.3) is 0 Å². The minimum Gasteiger partial charge on any atom is -0.489 e. The van der Waals surface area contributed by atoms with Crippen LogP contribution in [-0.2, 0) is 20.7 Å². The van der Waals surface area contributed by atoms with E-state index >= 15 is 0 Å². The standard InChI is InChI=1S/C16H18O4/c1-18-13(17)7-3-5-9-4-2-6-10-14-11(19-15(9)10)8-12-16(14)20-12/h2,4,6,11-12,14,16H,3,5,7-8H2,1H3/t11?,12-,14?,16-/m1/s1. The van der Waals surface area contributed by atoms with Crippen molar-refractivity contribution in [2.75, 3.05) is 7.11 Å². The molecule has 4 heteroatoms. The lowest BCUT2D eigenvalue weighted by molar-refractivity contribution is -0.140. The van der Waals surface area contributed by atoms with E-state index in [9.17, 15) is 4.79 Å². The quantitative estimate of drug-likeness (QED) is 0.624. The summed E-state index contributed by atoms with van der Waals surface area (Å²) in [5, 5.41) is 0. The highest BCUT2D eigenvalue weighted by atomic mass is 16.6. The topological polar surface area (TPSA) is 48.1 Å². The van der Waals surface area contributed by atoms with Gasteiger partial charge in [0.05, 0.1) is 25.2 Å². The van der Waals surface area contributed by atoms with Crippen molar-refractivity contribution in [2.45, 2.75) is 49.9 Å². The number of benzene rings is 1. The van der Waals surface area contributed by atoms with E-state index in [-0.39, 0.29) is 5.97 Å². The van der Waals surface area contributed by atoms with Gasteiger partial charge in [0.15, 0.2) is 0 Å². The van der Waals surface area contributed by atoms with E-state index in [0.29, 0.717) is 30.7 Å². The molecule has 2 fully saturated rings. The predicted molar refractivity (Wildman–Crippen MR) is 71.8 cm³/mol. The van der Waals surface area contributed by atoms with Gasteiger partial charge in [0.1, 0.15) is 11.9 Å². The monoisotopic (exact) mass is 274 g/mol. The molecule has 0 amide bonds. The Morgan fingerprint density at radius 3 is 3.15 bits per heavy atom. The number of para-hydroxylation sites is 1. The molecule has 2 unspecified atom stereocenters. The third-order valence-electron chi connectivity index (χ3n) is 4.65. The fourth-order valence-corrected chi connectivity index (χ4v) is 3.63. The number of ether oxygens (including phenoxy) is 3. The molecule has 106 valence electrons. The van der Waals surface area contributed by atoms with Crippen LogP contribution in [0.25, 0.3) is 0 Å². The van der Waals surface area contributed by atoms with E-state index in [2.05, 4.69) is 22.9 Å². The fraction of sp³-hybridized carbons (Fsp3) is 0.562. The van der Waals surface area contributed by atoms with E-state index in [1.165, 1.54) is 18.2 Å². The maximum Gasteiger partial charge on any atom is 0.305 e. The number of epoxide rings is 1. The Morgan fingerprint density at radius 1 is 1.40 bits per heavy atom. The van der Waals surface area contributed by atoms with Crippen molar-refractivity contribution < 1.29 is 19.0 Å². The van der Waals surface area contributed by atoms with Gasteiger partial charge in [-0.2, -0.15) is 0 Å². The molecular formula is C16H18O4. The molecule has 0 bridgehead atoms. The molecule has 0 aromatic heterocycles. The number of fused-ring (bicyclic) bond motifs is 5. The molecule has 0 N–H and O–H groups in total. The normalized spacial score (nSPS) is 32.0. The second-order valence-electron chi connectivity index (χ2n) is 5.82.